The molecule has 0 aliphatic carbocycles. The minimum absolute atomic E-state index is 0.0738. The zero-order valence-corrected chi connectivity index (χ0v) is 6.02. The molecule has 1 aliphatic rings. The summed E-state index contributed by atoms with van der Waals surface area (Å²) in [6, 6.07) is 0. The summed E-state index contributed by atoms with van der Waals surface area (Å²) in [5.74, 6) is -0.0738. The third kappa shape index (κ3) is 1.22. The largest absolute Gasteiger partial charge is 0.327 e. The highest BCUT2D eigenvalue weighted by Crippen LogP contribution is 2.15. The second-order valence-corrected chi connectivity index (χ2v) is 3.95. The molecule has 0 atom stereocenters. The Morgan fingerprint density at radius 1 is 1.86 bits per heavy atom. The van der Waals surface area contributed by atoms with Crippen LogP contribution in [0.1, 0.15) is 0 Å². The normalized spacial score (nSPS) is 19.1. The SMILES string of the molecule is CN1C=C(F)C=I1. The van der Waals surface area contributed by atoms with E-state index in [1.807, 2.05) is 10.2 Å². The van der Waals surface area contributed by atoms with Crippen molar-refractivity contribution in [3.63, 3.8) is 0 Å². The van der Waals surface area contributed by atoms with Crippen molar-refractivity contribution in [2.24, 2.45) is 0 Å². The molecule has 1 heterocycles. The molecule has 0 spiro atoms. The highest BCUT2D eigenvalue weighted by molar-refractivity contribution is 14.2. The van der Waals surface area contributed by atoms with Crippen LogP contribution in [-0.2, 0) is 0 Å². The lowest BCUT2D eigenvalue weighted by Gasteiger charge is -1.95. The van der Waals surface area contributed by atoms with Crippen LogP contribution in [0.25, 0.3) is 0 Å². The Morgan fingerprint density at radius 3 is 2.71 bits per heavy atom. The first-order valence-electron chi connectivity index (χ1n) is 1.86. The summed E-state index contributed by atoms with van der Waals surface area (Å²) in [5.41, 5.74) is 0. The van der Waals surface area contributed by atoms with Gasteiger partial charge < -0.3 is 3.11 Å². The Balaban J connectivity index is 2.69. The second kappa shape index (κ2) is 1.90. The van der Waals surface area contributed by atoms with Gasteiger partial charge in [-0.3, -0.25) is 0 Å². The van der Waals surface area contributed by atoms with Crippen LogP contribution in [0.4, 0.5) is 4.39 Å². The van der Waals surface area contributed by atoms with Crippen LogP contribution in [0.5, 0.6) is 0 Å². The van der Waals surface area contributed by atoms with E-state index in [0.717, 1.165) is 0 Å². The summed E-state index contributed by atoms with van der Waals surface area (Å²) in [4.78, 5) is 0. The van der Waals surface area contributed by atoms with Crippen molar-refractivity contribution in [3.05, 3.63) is 12.0 Å². The number of nitrogens with zero attached hydrogens (tertiary/aromatic N) is 1. The quantitative estimate of drug-likeness (QED) is 0.434. The molecule has 7 heavy (non-hydrogen) atoms. The maximum absolute atomic E-state index is 12.0. The summed E-state index contributed by atoms with van der Waals surface area (Å²) >= 11 is -0.120. The average molecular weight is 213 g/mol. The number of rotatable bonds is 0. The molecular formula is C4H5FIN. The van der Waals surface area contributed by atoms with Crippen LogP contribution in [0.2, 0.25) is 0 Å². The minimum Gasteiger partial charge on any atom is -0.327 e. The van der Waals surface area contributed by atoms with Crippen LogP contribution in [0, 0.1) is 0 Å². The maximum Gasteiger partial charge on any atom is 0.146 e. The summed E-state index contributed by atoms with van der Waals surface area (Å²) in [5, 5.41) is 0. The van der Waals surface area contributed by atoms with Crippen molar-refractivity contribution in [2.45, 2.75) is 0 Å². The first kappa shape index (κ1) is 5.21. The van der Waals surface area contributed by atoms with Crippen molar-refractivity contribution < 1.29 is 4.39 Å². The van der Waals surface area contributed by atoms with Gasteiger partial charge >= 0.3 is 0 Å². The fourth-order valence-corrected chi connectivity index (χ4v) is 1.64. The molecule has 0 amide bonds. The molecular weight excluding hydrogens is 208 g/mol. The Labute approximate surface area is 51.9 Å². The standard InChI is InChI=1S/C4H5FIN/c1-7-3-4(5)2-6-7/h2-3H,1H3. The monoisotopic (exact) mass is 213 g/mol. The molecule has 0 bridgehead atoms. The molecule has 1 nitrogen and oxygen atoms in total. The Hall–Kier alpha value is 0.0700. The van der Waals surface area contributed by atoms with Gasteiger partial charge in [-0.15, -0.1) is 0 Å². The zero-order valence-electron chi connectivity index (χ0n) is 3.86. The lowest BCUT2D eigenvalue weighted by molar-refractivity contribution is 0.662. The van der Waals surface area contributed by atoms with Gasteiger partial charge in [0.05, 0.1) is 0 Å². The molecule has 0 fully saturated rings. The highest BCUT2D eigenvalue weighted by atomic mass is 127. The van der Waals surface area contributed by atoms with Crippen LogP contribution in [-0.4, -0.2) is 14.2 Å². The van der Waals surface area contributed by atoms with E-state index in [0.29, 0.717) is 0 Å². The molecule has 0 unspecified atom stereocenters. The molecule has 40 valence electrons. The molecule has 0 aromatic heterocycles. The minimum atomic E-state index is -0.120. The van der Waals surface area contributed by atoms with Gasteiger partial charge in [0, 0.05) is 38.3 Å². The van der Waals surface area contributed by atoms with E-state index in [1.54, 1.807) is 4.01 Å². The molecule has 1 rings (SSSR count). The predicted octanol–water partition coefficient (Wildman–Crippen LogP) is 1.43. The van der Waals surface area contributed by atoms with E-state index in [4.69, 9.17) is 0 Å². The fourth-order valence-electron chi connectivity index (χ4n) is 0.350. The summed E-state index contributed by atoms with van der Waals surface area (Å²) in [6.45, 7) is 0. The average Bonchev–Trinajstić information content (AvgIpc) is 1.87. The van der Waals surface area contributed by atoms with Crippen molar-refractivity contribution in [2.75, 3.05) is 7.05 Å². The lowest BCUT2D eigenvalue weighted by atomic mass is 10.6. The van der Waals surface area contributed by atoms with Crippen LogP contribution < -0.4 is 0 Å². The third-order valence-electron chi connectivity index (χ3n) is 0.608. The molecule has 1 aliphatic heterocycles. The van der Waals surface area contributed by atoms with Crippen LogP contribution in [0.15, 0.2) is 12.0 Å². The fraction of sp³-hybridized carbons (Fsp3) is 0.250. The number of hydrogen-bond donors (Lipinski definition) is 0. The predicted molar refractivity (Wildman–Crippen MR) is 37.0 cm³/mol. The van der Waals surface area contributed by atoms with E-state index in [-0.39, 0.29) is 26.8 Å². The molecule has 0 radical (unpaired) electrons. The maximum atomic E-state index is 12.0. The number of allylic oxidation sites excluding steroid dienone is 1. The second-order valence-electron chi connectivity index (χ2n) is 1.25. The molecule has 0 aromatic carbocycles. The Morgan fingerprint density at radius 2 is 2.57 bits per heavy atom. The van der Waals surface area contributed by atoms with Gasteiger partial charge in [0.15, 0.2) is 0 Å². The van der Waals surface area contributed by atoms with Crippen LogP contribution >= 0.6 is 21.0 Å². The van der Waals surface area contributed by atoms with Crippen molar-refractivity contribution >= 4 is 25.0 Å². The van der Waals surface area contributed by atoms with Gasteiger partial charge in [0.25, 0.3) is 0 Å². The van der Waals surface area contributed by atoms with Gasteiger partial charge in [-0.2, -0.15) is 0 Å². The molecule has 0 N–H and O–H groups in total. The smallest absolute Gasteiger partial charge is 0.146 e. The Bertz CT molecular complexity index is 130. The van der Waals surface area contributed by atoms with E-state index < -0.39 is 0 Å². The topological polar surface area (TPSA) is 3.24 Å². The first-order valence-corrected chi connectivity index (χ1v) is 4.07. The summed E-state index contributed by atoms with van der Waals surface area (Å²) < 4.78 is 15.5. The highest BCUT2D eigenvalue weighted by Gasteiger charge is 1.97. The van der Waals surface area contributed by atoms with Crippen LogP contribution in [0.3, 0.4) is 0 Å². The van der Waals surface area contributed by atoms with Crippen molar-refractivity contribution in [3.8, 4) is 0 Å². The lowest BCUT2D eigenvalue weighted by Crippen LogP contribution is -1.87. The van der Waals surface area contributed by atoms with E-state index in [9.17, 15) is 4.39 Å². The van der Waals surface area contributed by atoms with E-state index in [1.165, 1.54) is 6.20 Å². The molecule has 0 saturated carbocycles. The van der Waals surface area contributed by atoms with Gasteiger partial charge in [-0.1, -0.05) is 0 Å². The molecule has 0 aromatic rings. The van der Waals surface area contributed by atoms with Crippen molar-refractivity contribution in [1.29, 1.82) is 0 Å². The van der Waals surface area contributed by atoms with Crippen molar-refractivity contribution in [1.82, 2.24) is 3.11 Å². The van der Waals surface area contributed by atoms with Gasteiger partial charge in [0.1, 0.15) is 5.83 Å². The zero-order chi connectivity index (χ0) is 5.28. The van der Waals surface area contributed by atoms with Gasteiger partial charge in [-0.05, 0) is 0 Å². The first-order chi connectivity index (χ1) is 3.29. The third-order valence-corrected chi connectivity index (χ3v) is 2.64. The molecule has 0 saturated heterocycles. The van der Waals surface area contributed by atoms with E-state index >= 15 is 0 Å². The van der Waals surface area contributed by atoms with Gasteiger partial charge in [0.2, 0.25) is 0 Å². The summed E-state index contributed by atoms with van der Waals surface area (Å²) in [7, 11) is 1.89. The van der Waals surface area contributed by atoms with E-state index in [2.05, 4.69) is 0 Å². The van der Waals surface area contributed by atoms with Gasteiger partial charge in [-0.25, -0.2) is 4.39 Å². The number of hydrogen-bond acceptors (Lipinski definition) is 1. The number of halogens is 2. The summed E-state index contributed by atoms with van der Waals surface area (Å²) in [6.07, 6.45) is 1.52. The molecule has 3 heteroatoms. The Kier molecular flexibility index (Phi) is 1.41.